The third-order valence-corrected chi connectivity index (χ3v) is 7.24. The van der Waals surface area contributed by atoms with Crippen LogP contribution in [0.15, 0.2) is 54.6 Å². The molecule has 0 bridgehead atoms. The number of esters is 3. The monoisotopic (exact) mass is 778 g/mol. The highest BCUT2D eigenvalue weighted by Gasteiger charge is 2.28. The summed E-state index contributed by atoms with van der Waals surface area (Å²) in [6.45, 7) is 0.565. The molecule has 3 rings (SSSR count). The van der Waals surface area contributed by atoms with Crippen molar-refractivity contribution in [3.8, 4) is 28.7 Å². The molecule has 302 valence electrons. The van der Waals surface area contributed by atoms with Crippen LogP contribution in [0.4, 0.5) is 0 Å². The second kappa shape index (κ2) is 21.6. The van der Waals surface area contributed by atoms with E-state index in [1.165, 1.54) is 18.2 Å². The van der Waals surface area contributed by atoms with Gasteiger partial charge in [0.25, 0.3) is 0 Å². The molecule has 0 radical (unpaired) electrons. The number of aryl methyl sites for hydroxylation is 1. The van der Waals surface area contributed by atoms with Crippen molar-refractivity contribution in [2.45, 2.75) is 32.2 Å². The maximum atomic E-state index is 12.4. The number of phenols is 5. The first-order valence-electron chi connectivity index (χ1n) is 16.7. The number of carbonyl (C=O) groups excluding carboxylic acids is 3. The quantitative estimate of drug-likeness (QED) is 0.0293. The third kappa shape index (κ3) is 16.4. The van der Waals surface area contributed by atoms with Crippen molar-refractivity contribution in [2.24, 2.45) is 5.41 Å². The number of hydrogen-bond acceptors (Lipinski definition) is 18. The van der Waals surface area contributed by atoms with Gasteiger partial charge in [0.15, 0.2) is 0 Å². The van der Waals surface area contributed by atoms with Gasteiger partial charge in [0, 0.05) is 17.5 Å². The van der Waals surface area contributed by atoms with Crippen LogP contribution in [0.1, 0.15) is 43.6 Å². The van der Waals surface area contributed by atoms with Gasteiger partial charge in [-0.1, -0.05) is 6.92 Å². The minimum absolute atomic E-state index is 0.0763. The number of hydrogen-bond donors (Lipinski definition) is 8. The van der Waals surface area contributed by atoms with E-state index in [2.05, 4.69) is 0 Å². The molecule has 18 nitrogen and oxygen atoms in total. The molecule has 18 heteroatoms. The van der Waals surface area contributed by atoms with E-state index in [4.69, 9.17) is 33.2 Å². The number of ether oxygens (including phenoxy) is 7. The molecule has 55 heavy (non-hydrogen) atoms. The Balaban J connectivity index is 1.46. The van der Waals surface area contributed by atoms with E-state index in [1.807, 2.05) is 0 Å². The molecular weight excluding hydrogens is 732 g/mol. The summed E-state index contributed by atoms with van der Waals surface area (Å²) in [4.78, 5) is 36.7. The smallest absolute Gasteiger partial charge is 0.338 e. The predicted molar refractivity (Wildman–Crippen MR) is 188 cm³/mol. The summed E-state index contributed by atoms with van der Waals surface area (Å²) in [6.07, 6.45) is -3.75. The number of aromatic hydroxyl groups is 5. The molecule has 3 aromatic carbocycles. The van der Waals surface area contributed by atoms with Crippen molar-refractivity contribution < 1.29 is 88.4 Å². The van der Waals surface area contributed by atoms with Crippen LogP contribution in [0.2, 0.25) is 0 Å². The van der Waals surface area contributed by atoms with Crippen LogP contribution >= 0.6 is 0 Å². The van der Waals surface area contributed by atoms with Gasteiger partial charge in [-0.25, -0.2) is 14.4 Å². The van der Waals surface area contributed by atoms with E-state index in [9.17, 15) is 55.2 Å². The van der Waals surface area contributed by atoms with Crippen LogP contribution in [0.3, 0.4) is 0 Å². The first-order valence-corrected chi connectivity index (χ1v) is 16.7. The first kappa shape index (κ1) is 44.2. The molecule has 0 fully saturated rings. The zero-order valence-corrected chi connectivity index (χ0v) is 30.2. The van der Waals surface area contributed by atoms with Gasteiger partial charge in [-0.05, 0) is 55.0 Å². The summed E-state index contributed by atoms with van der Waals surface area (Å²) in [5, 5.41) is 78.8. The standard InChI is InChI=1S/C37H46O18/c1-22-3-23(5-26(38)4-22)34(46)53-15-31(43)12-49-18-37(2,19-50-13-32(44)16-54-35(47)24-6-27(39)10-28(40)7-24)20-52-21-51-14-33(45)17-55-36(48)25-8-29(41)11-30(42)9-25/h3-11,31-33,38-45H,12-21H2,1-2H3. The SMILES string of the molecule is Cc1cc(O)cc(C(=O)OCC(O)COCC(C)(COCOCC(O)COC(=O)c2cc(O)cc(O)c2)COCC(O)COC(=O)c2cc(O)cc(O)c2)c1. The lowest BCUT2D eigenvalue weighted by Crippen LogP contribution is -2.37. The lowest BCUT2D eigenvalue weighted by molar-refractivity contribution is -0.133. The van der Waals surface area contributed by atoms with E-state index in [0.29, 0.717) is 5.56 Å². The number of benzene rings is 3. The van der Waals surface area contributed by atoms with E-state index in [-0.39, 0.29) is 91.9 Å². The Morgan fingerprint density at radius 2 is 0.818 bits per heavy atom. The van der Waals surface area contributed by atoms with Gasteiger partial charge in [-0.3, -0.25) is 0 Å². The third-order valence-electron chi connectivity index (χ3n) is 7.24. The molecule has 3 aromatic rings. The molecule has 0 saturated heterocycles. The predicted octanol–water partition coefficient (Wildman–Crippen LogP) is 1.51. The molecule has 4 unspecified atom stereocenters. The number of rotatable bonds is 23. The van der Waals surface area contributed by atoms with Crippen molar-refractivity contribution in [1.82, 2.24) is 0 Å². The van der Waals surface area contributed by atoms with Crippen molar-refractivity contribution in [3.05, 3.63) is 76.9 Å². The fourth-order valence-electron chi connectivity index (χ4n) is 4.76. The number of phenolic OH excluding ortho intramolecular Hbond substituents is 5. The average molecular weight is 779 g/mol. The number of aliphatic hydroxyl groups is 3. The lowest BCUT2D eigenvalue weighted by Gasteiger charge is -2.30. The highest BCUT2D eigenvalue weighted by molar-refractivity contribution is 5.91. The van der Waals surface area contributed by atoms with Crippen molar-refractivity contribution in [2.75, 3.05) is 66.3 Å². The van der Waals surface area contributed by atoms with Crippen LogP contribution in [0.5, 0.6) is 28.7 Å². The normalized spacial score (nSPS) is 14.0. The Hall–Kier alpha value is -5.21. The maximum absolute atomic E-state index is 12.4. The second-order valence-corrected chi connectivity index (χ2v) is 13.0. The van der Waals surface area contributed by atoms with E-state index in [0.717, 1.165) is 36.4 Å². The maximum Gasteiger partial charge on any atom is 0.338 e. The van der Waals surface area contributed by atoms with Gasteiger partial charge >= 0.3 is 17.9 Å². The Labute approximate surface area is 315 Å². The largest absolute Gasteiger partial charge is 0.508 e. The molecule has 0 aliphatic heterocycles. The summed E-state index contributed by atoms with van der Waals surface area (Å²) in [5.74, 6) is -4.07. The first-order chi connectivity index (χ1) is 26.0. The molecule has 0 spiro atoms. The summed E-state index contributed by atoms with van der Waals surface area (Å²) < 4.78 is 37.4. The molecule has 8 N–H and O–H groups in total. The van der Waals surface area contributed by atoms with Crippen molar-refractivity contribution >= 4 is 17.9 Å². The van der Waals surface area contributed by atoms with Crippen LogP contribution < -0.4 is 0 Å². The molecule has 0 aliphatic rings. The summed E-state index contributed by atoms with van der Waals surface area (Å²) in [6, 6.07) is 10.6. The van der Waals surface area contributed by atoms with Crippen LogP contribution in [-0.4, -0.2) is 143 Å². The zero-order valence-electron chi connectivity index (χ0n) is 30.2. The van der Waals surface area contributed by atoms with Crippen LogP contribution in [-0.2, 0) is 33.2 Å². The minimum atomic E-state index is -1.27. The molecular formula is C37H46O18. The van der Waals surface area contributed by atoms with Gasteiger partial charge in [-0.15, -0.1) is 0 Å². The van der Waals surface area contributed by atoms with Gasteiger partial charge in [0.1, 0.15) is 73.7 Å². The summed E-state index contributed by atoms with van der Waals surface area (Å²) in [5.41, 5.74) is -0.469. The fourth-order valence-corrected chi connectivity index (χ4v) is 4.76. The second-order valence-electron chi connectivity index (χ2n) is 13.0. The van der Waals surface area contributed by atoms with Gasteiger partial charge in [-0.2, -0.15) is 0 Å². The topological polar surface area (TPSA) is 278 Å². The Kier molecular flexibility index (Phi) is 17.4. The molecule has 0 aliphatic carbocycles. The Morgan fingerprint density at radius 1 is 0.491 bits per heavy atom. The summed E-state index contributed by atoms with van der Waals surface area (Å²) in [7, 11) is 0. The summed E-state index contributed by atoms with van der Waals surface area (Å²) >= 11 is 0. The molecule has 0 saturated carbocycles. The van der Waals surface area contributed by atoms with Crippen molar-refractivity contribution in [3.63, 3.8) is 0 Å². The Morgan fingerprint density at radius 3 is 1.20 bits per heavy atom. The highest BCUT2D eigenvalue weighted by atomic mass is 16.7. The molecule has 0 aromatic heterocycles. The minimum Gasteiger partial charge on any atom is -0.508 e. The van der Waals surface area contributed by atoms with E-state index < -0.39 is 61.5 Å². The average Bonchev–Trinajstić information content (AvgIpc) is 3.10. The van der Waals surface area contributed by atoms with Crippen molar-refractivity contribution in [1.29, 1.82) is 0 Å². The number of aliphatic hydroxyl groups excluding tert-OH is 3. The fraction of sp³-hybridized carbons (Fsp3) is 0.432. The van der Waals surface area contributed by atoms with Gasteiger partial charge in [0.05, 0.1) is 56.3 Å². The van der Waals surface area contributed by atoms with E-state index in [1.54, 1.807) is 13.8 Å². The zero-order chi connectivity index (χ0) is 40.5. The lowest BCUT2D eigenvalue weighted by atomic mass is 9.94. The highest BCUT2D eigenvalue weighted by Crippen LogP contribution is 2.23. The van der Waals surface area contributed by atoms with E-state index >= 15 is 0 Å². The number of carbonyl (C=O) groups is 3. The van der Waals surface area contributed by atoms with Gasteiger partial charge in [0.2, 0.25) is 0 Å². The molecule has 4 atom stereocenters. The van der Waals surface area contributed by atoms with Crippen LogP contribution in [0, 0.1) is 12.3 Å². The molecule has 0 amide bonds. The van der Waals surface area contributed by atoms with Crippen LogP contribution in [0.25, 0.3) is 0 Å². The Bertz CT molecular complexity index is 1570. The molecule has 0 heterocycles. The van der Waals surface area contributed by atoms with Gasteiger partial charge < -0.3 is 74.0 Å².